The van der Waals surface area contributed by atoms with E-state index in [1.807, 2.05) is 11.5 Å². The molecule has 0 radical (unpaired) electrons. The normalized spacial score (nSPS) is 15.8. The average molecular weight is 386 g/mol. The van der Waals surface area contributed by atoms with Crippen LogP contribution in [0.1, 0.15) is 18.7 Å². The molecule has 0 amide bonds. The standard InChI is InChI=1S/C17H22Cl2FN5/c1-13-22-16(18)17(19)25(13)7-3-2-6-23-8-10-24(11-9-23)15-5-4-14(20)12-21-15/h4-5,12H,2-3,6-11H2,1H3. The Labute approximate surface area is 157 Å². The smallest absolute Gasteiger partial charge is 0.166 e. The van der Waals surface area contributed by atoms with Crippen molar-refractivity contribution in [2.24, 2.45) is 0 Å². The van der Waals surface area contributed by atoms with E-state index >= 15 is 0 Å². The SMILES string of the molecule is Cc1nc(Cl)c(Cl)n1CCCCN1CCN(c2ccc(F)cn2)CC1. The number of halogens is 3. The van der Waals surface area contributed by atoms with Gasteiger partial charge in [-0.2, -0.15) is 0 Å². The highest BCUT2D eigenvalue weighted by molar-refractivity contribution is 6.40. The van der Waals surface area contributed by atoms with Crippen molar-refractivity contribution in [1.29, 1.82) is 0 Å². The Bertz CT molecular complexity index is 696. The Morgan fingerprint density at radius 3 is 2.40 bits per heavy atom. The molecule has 8 heteroatoms. The molecule has 3 heterocycles. The Morgan fingerprint density at radius 2 is 1.80 bits per heavy atom. The van der Waals surface area contributed by atoms with E-state index in [0.29, 0.717) is 10.3 Å². The Morgan fingerprint density at radius 1 is 1.08 bits per heavy atom. The summed E-state index contributed by atoms with van der Waals surface area (Å²) in [5.41, 5.74) is 0. The van der Waals surface area contributed by atoms with Crippen LogP contribution in [0.5, 0.6) is 0 Å². The predicted octanol–water partition coefficient (Wildman–Crippen LogP) is 3.63. The fourth-order valence-electron chi connectivity index (χ4n) is 3.12. The molecule has 0 aliphatic carbocycles. The number of unbranched alkanes of at least 4 members (excludes halogenated alkanes) is 1. The minimum absolute atomic E-state index is 0.295. The predicted molar refractivity (Wildman–Crippen MR) is 99.1 cm³/mol. The lowest BCUT2D eigenvalue weighted by molar-refractivity contribution is 0.250. The molecule has 136 valence electrons. The molecule has 0 spiro atoms. The van der Waals surface area contributed by atoms with Crippen LogP contribution in [0.3, 0.4) is 0 Å². The van der Waals surface area contributed by atoms with Gasteiger partial charge >= 0.3 is 0 Å². The molecule has 25 heavy (non-hydrogen) atoms. The lowest BCUT2D eigenvalue weighted by Crippen LogP contribution is -2.46. The van der Waals surface area contributed by atoms with Gasteiger partial charge in [-0.1, -0.05) is 23.2 Å². The number of hydrogen-bond acceptors (Lipinski definition) is 4. The molecule has 1 saturated heterocycles. The molecular weight excluding hydrogens is 364 g/mol. The van der Waals surface area contributed by atoms with Crippen molar-refractivity contribution in [1.82, 2.24) is 19.4 Å². The zero-order chi connectivity index (χ0) is 17.8. The number of rotatable bonds is 6. The number of hydrogen-bond donors (Lipinski definition) is 0. The van der Waals surface area contributed by atoms with E-state index in [1.54, 1.807) is 6.07 Å². The zero-order valence-corrected chi connectivity index (χ0v) is 15.8. The molecule has 3 rings (SSSR count). The van der Waals surface area contributed by atoms with E-state index in [2.05, 4.69) is 19.8 Å². The average Bonchev–Trinajstić information content (AvgIpc) is 2.86. The van der Waals surface area contributed by atoms with Crippen LogP contribution in [0.15, 0.2) is 18.3 Å². The molecule has 0 bridgehead atoms. The van der Waals surface area contributed by atoms with E-state index in [4.69, 9.17) is 23.2 Å². The molecule has 5 nitrogen and oxygen atoms in total. The summed E-state index contributed by atoms with van der Waals surface area (Å²) in [5, 5.41) is 0.907. The van der Waals surface area contributed by atoms with Crippen molar-refractivity contribution in [3.63, 3.8) is 0 Å². The van der Waals surface area contributed by atoms with E-state index in [-0.39, 0.29) is 5.82 Å². The number of aromatic nitrogens is 3. The summed E-state index contributed by atoms with van der Waals surface area (Å²) in [7, 11) is 0. The fourth-order valence-corrected chi connectivity index (χ4v) is 3.60. The van der Waals surface area contributed by atoms with Gasteiger partial charge in [0.05, 0.1) is 6.20 Å². The summed E-state index contributed by atoms with van der Waals surface area (Å²) in [6.45, 7) is 7.64. The van der Waals surface area contributed by atoms with Crippen LogP contribution >= 0.6 is 23.2 Å². The highest BCUT2D eigenvalue weighted by atomic mass is 35.5. The van der Waals surface area contributed by atoms with Crippen LogP contribution in [-0.4, -0.2) is 52.2 Å². The quantitative estimate of drug-likeness (QED) is 0.711. The molecule has 0 N–H and O–H groups in total. The molecule has 0 atom stereocenters. The van der Waals surface area contributed by atoms with Crippen LogP contribution in [0.25, 0.3) is 0 Å². The van der Waals surface area contributed by atoms with Crippen LogP contribution in [0, 0.1) is 12.7 Å². The second kappa shape index (κ2) is 8.34. The molecule has 2 aromatic heterocycles. The molecule has 1 aliphatic rings. The van der Waals surface area contributed by atoms with Gasteiger partial charge in [0.25, 0.3) is 0 Å². The summed E-state index contributed by atoms with van der Waals surface area (Å²) in [6.07, 6.45) is 3.41. The third-order valence-corrected chi connectivity index (χ3v) is 5.32. The second-order valence-corrected chi connectivity index (χ2v) is 6.98. The molecular formula is C17H22Cl2FN5. The van der Waals surface area contributed by atoms with Crippen molar-refractivity contribution >= 4 is 29.0 Å². The van der Waals surface area contributed by atoms with E-state index in [1.165, 1.54) is 12.3 Å². The summed E-state index contributed by atoms with van der Waals surface area (Å²) in [5.74, 6) is 1.41. The first-order chi connectivity index (χ1) is 12.0. The first kappa shape index (κ1) is 18.4. The van der Waals surface area contributed by atoms with Gasteiger partial charge in [0, 0.05) is 32.7 Å². The lowest BCUT2D eigenvalue weighted by atomic mass is 10.2. The maximum atomic E-state index is 13.0. The minimum Gasteiger partial charge on any atom is -0.354 e. The first-order valence-corrected chi connectivity index (χ1v) is 9.27. The van der Waals surface area contributed by atoms with E-state index in [9.17, 15) is 4.39 Å². The Kier molecular flexibility index (Phi) is 6.15. The largest absolute Gasteiger partial charge is 0.354 e. The topological polar surface area (TPSA) is 37.2 Å². The summed E-state index contributed by atoms with van der Waals surface area (Å²) >= 11 is 12.1. The van der Waals surface area contributed by atoms with Gasteiger partial charge in [-0.15, -0.1) is 0 Å². The van der Waals surface area contributed by atoms with Crippen molar-refractivity contribution < 1.29 is 4.39 Å². The number of imidazole rings is 1. The van der Waals surface area contributed by atoms with E-state index < -0.39 is 0 Å². The van der Waals surface area contributed by atoms with Gasteiger partial charge in [-0.3, -0.25) is 4.90 Å². The molecule has 0 saturated carbocycles. The maximum Gasteiger partial charge on any atom is 0.166 e. The first-order valence-electron chi connectivity index (χ1n) is 8.51. The Hall–Kier alpha value is -1.37. The van der Waals surface area contributed by atoms with Crippen molar-refractivity contribution in [3.05, 3.63) is 40.3 Å². The molecule has 1 aliphatic heterocycles. The van der Waals surface area contributed by atoms with Crippen LogP contribution in [0.4, 0.5) is 10.2 Å². The van der Waals surface area contributed by atoms with Gasteiger partial charge in [-0.25, -0.2) is 14.4 Å². The van der Waals surface area contributed by atoms with Crippen LogP contribution < -0.4 is 4.90 Å². The van der Waals surface area contributed by atoms with E-state index in [0.717, 1.165) is 63.8 Å². The molecule has 2 aromatic rings. The third kappa shape index (κ3) is 4.63. The third-order valence-electron chi connectivity index (χ3n) is 4.57. The number of piperazine rings is 1. The van der Waals surface area contributed by atoms with Gasteiger partial charge < -0.3 is 9.47 Å². The second-order valence-electron chi connectivity index (χ2n) is 6.26. The lowest BCUT2D eigenvalue weighted by Gasteiger charge is -2.35. The van der Waals surface area contributed by atoms with Crippen LogP contribution in [0.2, 0.25) is 10.3 Å². The number of anilines is 1. The fraction of sp³-hybridized carbons (Fsp3) is 0.529. The highest BCUT2D eigenvalue weighted by Crippen LogP contribution is 2.23. The summed E-state index contributed by atoms with van der Waals surface area (Å²) < 4.78 is 14.9. The molecule has 1 fully saturated rings. The highest BCUT2D eigenvalue weighted by Gasteiger charge is 2.17. The van der Waals surface area contributed by atoms with Gasteiger partial charge in [-0.05, 0) is 38.4 Å². The van der Waals surface area contributed by atoms with Crippen molar-refractivity contribution in [3.8, 4) is 0 Å². The maximum absolute atomic E-state index is 13.0. The minimum atomic E-state index is -0.295. The summed E-state index contributed by atoms with van der Waals surface area (Å²) in [6, 6.07) is 3.21. The number of nitrogens with zero attached hydrogens (tertiary/aromatic N) is 5. The zero-order valence-electron chi connectivity index (χ0n) is 14.3. The van der Waals surface area contributed by atoms with Gasteiger partial charge in [0.1, 0.15) is 22.6 Å². The molecule has 0 aromatic carbocycles. The summed E-state index contributed by atoms with van der Waals surface area (Å²) in [4.78, 5) is 13.0. The van der Waals surface area contributed by atoms with Crippen LogP contribution in [-0.2, 0) is 6.54 Å². The van der Waals surface area contributed by atoms with Gasteiger partial charge in [0.2, 0.25) is 0 Å². The van der Waals surface area contributed by atoms with Crippen molar-refractivity contribution in [2.45, 2.75) is 26.3 Å². The number of pyridine rings is 1. The Balaban J connectivity index is 1.39. The molecule has 0 unspecified atom stereocenters. The van der Waals surface area contributed by atoms with Crippen molar-refractivity contribution in [2.75, 3.05) is 37.6 Å². The monoisotopic (exact) mass is 385 g/mol. The van der Waals surface area contributed by atoms with Gasteiger partial charge in [0.15, 0.2) is 5.15 Å². The number of aryl methyl sites for hydroxylation is 1.